The molecule has 0 saturated carbocycles. The fourth-order valence-electron chi connectivity index (χ4n) is 3.71. The monoisotopic (exact) mass is 352 g/mol. The largest absolute Gasteiger partial charge is 0.497 e. The second-order valence-electron chi connectivity index (χ2n) is 6.49. The van der Waals surface area contributed by atoms with Crippen molar-refractivity contribution in [2.45, 2.75) is 0 Å². The minimum atomic E-state index is 0.0605. The molecule has 0 aromatic heterocycles. The molecule has 3 nitrogen and oxygen atoms in total. The SMILES string of the molecule is COc1ccc(Oc2ccc3c4c(cccc24)C(=O)c2ccccc2-3)cc1. The third-order valence-electron chi connectivity index (χ3n) is 4.99. The highest BCUT2D eigenvalue weighted by molar-refractivity contribution is 6.26. The van der Waals surface area contributed by atoms with Crippen LogP contribution in [0.2, 0.25) is 0 Å². The first-order valence-corrected chi connectivity index (χ1v) is 8.78. The number of ketones is 1. The zero-order valence-corrected chi connectivity index (χ0v) is 14.7. The second-order valence-corrected chi connectivity index (χ2v) is 6.49. The molecule has 0 atom stereocenters. The highest BCUT2D eigenvalue weighted by atomic mass is 16.5. The number of fused-ring (bicyclic) bond motifs is 2. The van der Waals surface area contributed by atoms with E-state index in [9.17, 15) is 4.79 Å². The minimum absolute atomic E-state index is 0.0605. The average Bonchev–Trinajstić information content (AvgIpc) is 2.73. The van der Waals surface area contributed by atoms with Gasteiger partial charge in [0.1, 0.15) is 17.2 Å². The van der Waals surface area contributed by atoms with Gasteiger partial charge >= 0.3 is 0 Å². The van der Waals surface area contributed by atoms with Gasteiger partial charge in [-0.05, 0) is 47.5 Å². The number of hydrogen-bond acceptors (Lipinski definition) is 3. The number of hydrogen-bond donors (Lipinski definition) is 0. The topological polar surface area (TPSA) is 35.5 Å². The van der Waals surface area contributed by atoms with Gasteiger partial charge in [-0.25, -0.2) is 0 Å². The number of carbonyl (C=O) groups is 1. The number of rotatable bonds is 3. The van der Waals surface area contributed by atoms with E-state index in [1.54, 1.807) is 7.11 Å². The average molecular weight is 352 g/mol. The van der Waals surface area contributed by atoms with E-state index in [0.717, 1.165) is 50.3 Å². The van der Waals surface area contributed by atoms with Crippen LogP contribution in [0.4, 0.5) is 0 Å². The van der Waals surface area contributed by atoms with Gasteiger partial charge in [0, 0.05) is 21.9 Å². The van der Waals surface area contributed by atoms with E-state index in [2.05, 4.69) is 0 Å². The predicted molar refractivity (Wildman–Crippen MR) is 106 cm³/mol. The molecule has 0 saturated heterocycles. The third-order valence-corrected chi connectivity index (χ3v) is 4.99. The Kier molecular flexibility index (Phi) is 3.47. The standard InChI is InChI=1S/C24H16O3/c1-26-15-9-11-16(12-10-15)27-22-14-13-18-17-5-2-3-6-19(17)24(25)21-8-4-7-20(22)23(18)21/h2-14H,1H3. The molecular weight excluding hydrogens is 336 g/mol. The van der Waals surface area contributed by atoms with Gasteiger partial charge in [-0.3, -0.25) is 4.79 Å². The van der Waals surface area contributed by atoms with Crippen molar-refractivity contribution in [2.24, 2.45) is 0 Å². The Morgan fingerprint density at radius 3 is 2.11 bits per heavy atom. The molecule has 0 N–H and O–H groups in total. The zero-order chi connectivity index (χ0) is 18.4. The Bertz CT molecular complexity index is 1190. The van der Waals surface area contributed by atoms with Gasteiger partial charge in [-0.2, -0.15) is 0 Å². The van der Waals surface area contributed by atoms with Crippen LogP contribution < -0.4 is 9.47 Å². The lowest BCUT2D eigenvalue weighted by Gasteiger charge is -2.21. The van der Waals surface area contributed by atoms with Crippen molar-refractivity contribution < 1.29 is 14.3 Å². The Morgan fingerprint density at radius 2 is 1.33 bits per heavy atom. The predicted octanol–water partition coefficient (Wildman–Crippen LogP) is 5.85. The van der Waals surface area contributed by atoms with Crippen LogP contribution in [-0.4, -0.2) is 12.9 Å². The molecule has 5 rings (SSSR count). The molecule has 0 fully saturated rings. The molecule has 3 heteroatoms. The van der Waals surface area contributed by atoms with E-state index in [1.807, 2.05) is 78.9 Å². The number of benzene rings is 4. The van der Waals surface area contributed by atoms with Crippen LogP contribution in [0.25, 0.3) is 21.9 Å². The van der Waals surface area contributed by atoms with Crippen LogP contribution in [0.1, 0.15) is 15.9 Å². The summed E-state index contributed by atoms with van der Waals surface area (Å²) in [7, 11) is 1.64. The van der Waals surface area contributed by atoms with Crippen LogP contribution in [0, 0.1) is 0 Å². The first-order chi connectivity index (χ1) is 13.3. The normalized spacial score (nSPS) is 12.0. The van der Waals surface area contributed by atoms with E-state index < -0.39 is 0 Å². The fourth-order valence-corrected chi connectivity index (χ4v) is 3.71. The highest BCUT2D eigenvalue weighted by Crippen LogP contribution is 2.43. The molecule has 0 spiro atoms. The molecule has 0 amide bonds. The maximum absolute atomic E-state index is 13.0. The molecule has 0 radical (unpaired) electrons. The lowest BCUT2D eigenvalue weighted by Crippen LogP contribution is -2.09. The molecule has 130 valence electrons. The van der Waals surface area contributed by atoms with E-state index in [4.69, 9.17) is 9.47 Å². The van der Waals surface area contributed by atoms with Crippen molar-refractivity contribution in [3.8, 4) is 28.4 Å². The van der Waals surface area contributed by atoms with Crippen molar-refractivity contribution >= 4 is 16.6 Å². The maximum atomic E-state index is 13.0. The molecule has 4 aromatic rings. The van der Waals surface area contributed by atoms with Crippen LogP contribution >= 0.6 is 0 Å². The van der Waals surface area contributed by atoms with Crippen molar-refractivity contribution in [1.82, 2.24) is 0 Å². The van der Waals surface area contributed by atoms with Crippen LogP contribution in [-0.2, 0) is 0 Å². The lowest BCUT2D eigenvalue weighted by atomic mass is 9.83. The van der Waals surface area contributed by atoms with Crippen molar-refractivity contribution in [1.29, 1.82) is 0 Å². The molecule has 27 heavy (non-hydrogen) atoms. The number of methoxy groups -OCH3 is 1. The van der Waals surface area contributed by atoms with Crippen LogP contribution in [0.5, 0.6) is 17.2 Å². The van der Waals surface area contributed by atoms with E-state index in [-0.39, 0.29) is 5.78 Å². The van der Waals surface area contributed by atoms with Gasteiger partial charge in [-0.1, -0.05) is 42.5 Å². The van der Waals surface area contributed by atoms with Crippen molar-refractivity contribution in [3.05, 3.63) is 90.0 Å². The third kappa shape index (κ3) is 2.40. The summed E-state index contributed by atoms with van der Waals surface area (Å²) in [4.78, 5) is 13.0. The summed E-state index contributed by atoms with van der Waals surface area (Å²) in [5.41, 5.74) is 3.52. The molecule has 0 aliphatic heterocycles. The lowest BCUT2D eigenvalue weighted by molar-refractivity contribution is 0.104. The minimum Gasteiger partial charge on any atom is -0.497 e. The Labute approximate surface area is 156 Å². The van der Waals surface area contributed by atoms with E-state index in [1.165, 1.54) is 0 Å². The van der Waals surface area contributed by atoms with Gasteiger partial charge in [0.25, 0.3) is 0 Å². The molecule has 0 unspecified atom stereocenters. The van der Waals surface area contributed by atoms with Gasteiger partial charge in [0.15, 0.2) is 5.78 Å². The molecule has 1 aliphatic rings. The summed E-state index contributed by atoms with van der Waals surface area (Å²) in [5, 5.41) is 1.89. The van der Waals surface area contributed by atoms with Gasteiger partial charge in [0.2, 0.25) is 0 Å². The smallest absolute Gasteiger partial charge is 0.194 e. The summed E-state index contributed by atoms with van der Waals surface area (Å²) in [5.74, 6) is 2.29. The Morgan fingerprint density at radius 1 is 0.630 bits per heavy atom. The first-order valence-electron chi connectivity index (χ1n) is 8.78. The molecule has 0 heterocycles. The second kappa shape index (κ2) is 5.99. The molecule has 0 bridgehead atoms. The summed E-state index contributed by atoms with van der Waals surface area (Å²) >= 11 is 0. The first kappa shape index (κ1) is 15.6. The summed E-state index contributed by atoms with van der Waals surface area (Å²) in [6.45, 7) is 0. The Hall–Kier alpha value is -3.59. The fraction of sp³-hybridized carbons (Fsp3) is 0.0417. The van der Waals surface area contributed by atoms with E-state index >= 15 is 0 Å². The number of carbonyl (C=O) groups excluding carboxylic acids is 1. The van der Waals surface area contributed by atoms with Gasteiger partial charge in [-0.15, -0.1) is 0 Å². The van der Waals surface area contributed by atoms with Gasteiger partial charge in [0.05, 0.1) is 7.11 Å². The quantitative estimate of drug-likeness (QED) is 0.408. The van der Waals surface area contributed by atoms with Crippen LogP contribution in [0.15, 0.2) is 78.9 Å². The molecule has 4 aromatic carbocycles. The zero-order valence-electron chi connectivity index (χ0n) is 14.7. The molecular formula is C24H16O3. The highest BCUT2D eigenvalue weighted by Gasteiger charge is 2.25. The molecule has 1 aliphatic carbocycles. The van der Waals surface area contributed by atoms with Crippen LogP contribution in [0.3, 0.4) is 0 Å². The Balaban J connectivity index is 1.69. The van der Waals surface area contributed by atoms with Crippen molar-refractivity contribution in [3.63, 3.8) is 0 Å². The summed E-state index contributed by atoms with van der Waals surface area (Å²) in [6, 6.07) is 25.0. The van der Waals surface area contributed by atoms with Crippen molar-refractivity contribution in [2.75, 3.05) is 7.11 Å². The van der Waals surface area contributed by atoms with E-state index in [0.29, 0.717) is 0 Å². The summed E-state index contributed by atoms with van der Waals surface area (Å²) < 4.78 is 11.3. The summed E-state index contributed by atoms with van der Waals surface area (Å²) in [6.07, 6.45) is 0. The number of ether oxygens (including phenoxy) is 2. The van der Waals surface area contributed by atoms with Gasteiger partial charge < -0.3 is 9.47 Å². The maximum Gasteiger partial charge on any atom is 0.194 e.